The van der Waals surface area contributed by atoms with Crippen LogP contribution in [0, 0.1) is 0 Å². The molecule has 4 aromatic rings. The molecule has 0 amide bonds. The van der Waals surface area contributed by atoms with Gasteiger partial charge in [0.25, 0.3) is 0 Å². The Morgan fingerprint density at radius 1 is 1.06 bits per heavy atom. The van der Waals surface area contributed by atoms with E-state index in [0.717, 1.165) is 27.4 Å². The van der Waals surface area contributed by atoms with Crippen LogP contribution in [0.2, 0.25) is 10.0 Å². The van der Waals surface area contributed by atoms with Crippen molar-refractivity contribution in [2.75, 3.05) is 13.7 Å². The van der Waals surface area contributed by atoms with Gasteiger partial charge in [0.15, 0.2) is 5.69 Å². The van der Waals surface area contributed by atoms with Gasteiger partial charge in [0.2, 0.25) is 0 Å². The molecule has 0 saturated heterocycles. The molecule has 0 bridgehead atoms. The van der Waals surface area contributed by atoms with E-state index in [-0.39, 0.29) is 25.5 Å². The number of hydrogen-bond donors (Lipinski definition) is 1. The molecule has 0 unspecified atom stereocenters. The van der Waals surface area contributed by atoms with Crippen molar-refractivity contribution < 1.29 is 19.0 Å². The number of aromatic nitrogens is 2. The van der Waals surface area contributed by atoms with Gasteiger partial charge in [-0.3, -0.25) is 0 Å². The predicted octanol–water partition coefficient (Wildman–Crippen LogP) is 5.93. The van der Waals surface area contributed by atoms with Gasteiger partial charge in [-0.25, -0.2) is 9.78 Å². The number of nitrogens with one attached hydrogen (secondary N) is 1. The second-order valence-corrected chi connectivity index (χ2v) is 7.77. The van der Waals surface area contributed by atoms with Gasteiger partial charge in [-0.1, -0.05) is 29.3 Å². The van der Waals surface area contributed by atoms with Crippen LogP contribution in [0.3, 0.4) is 0 Å². The lowest BCUT2D eigenvalue weighted by atomic mass is 10.0. The Labute approximate surface area is 189 Å². The summed E-state index contributed by atoms with van der Waals surface area (Å²) >= 11 is 12.2. The summed E-state index contributed by atoms with van der Waals surface area (Å²) < 4.78 is 16.7. The van der Waals surface area contributed by atoms with E-state index in [4.69, 9.17) is 37.4 Å². The van der Waals surface area contributed by atoms with Gasteiger partial charge >= 0.3 is 5.97 Å². The van der Waals surface area contributed by atoms with Crippen LogP contribution >= 0.6 is 23.2 Å². The van der Waals surface area contributed by atoms with Crippen molar-refractivity contribution >= 4 is 51.0 Å². The molecule has 0 aliphatic carbocycles. The minimum absolute atomic E-state index is 0.198. The Balaban J connectivity index is 1.84. The highest BCUT2D eigenvalue weighted by Gasteiger charge is 2.22. The van der Waals surface area contributed by atoms with Crippen molar-refractivity contribution in [3.63, 3.8) is 0 Å². The number of fused-ring (bicyclic) bond motifs is 3. The van der Waals surface area contributed by atoms with E-state index in [0.29, 0.717) is 21.4 Å². The number of methoxy groups -OCH3 is 1. The van der Waals surface area contributed by atoms with Crippen molar-refractivity contribution in [1.82, 2.24) is 9.97 Å². The van der Waals surface area contributed by atoms with E-state index < -0.39 is 5.97 Å². The van der Waals surface area contributed by atoms with Crippen LogP contribution in [0.25, 0.3) is 21.8 Å². The first-order valence-corrected chi connectivity index (χ1v) is 10.4. The smallest absolute Gasteiger partial charge is 0.357 e. The summed E-state index contributed by atoms with van der Waals surface area (Å²) in [5, 5.41) is 2.74. The number of carbonyl (C=O) groups is 1. The van der Waals surface area contributed by atoms with Crippen LogP contribution in [-0.4, -0.2) is 29.7 Å². The number of benzene rings is 2. The second-order valence-electron chi connectivity index (χ2n) is 6.90. The molecule has 0 atom stereocenters. The fourth-order valence-corrected chi connectivity index (χ4v) is 4.18. The number of H-pyrrole nitrogens is 1. The molecule has 31 heavy (non-hydrogen) atoms. The molecular weight excluding hydrogens is 439 g/mol. The highest BCUT2D eigenvalue weighted by Crippen LogP contribution is 2.37. The van der Waals surface area contributed by atoms with Gasteiger partial charge in [0, 0.05) is 33.5 Å². The van der Waals surface area contributed by atoms with Gasteiger partial charge in [0.1, 0.15) is 12.4 Å². The Bertz CT molecular complexity index is 1250. The maximum Gasteiger partial charge on any atom is 0.357 e. The molecule has 0 aliphatic heterocycles. The van der Waals surface area contributed by atoms with E-state index in [2.05, 4.69) is 9.97 Å². The third-order valence-corrected chi connectivity index (χ3v) is 5.24. The summed E-state index contributed by atoms with van der Waals surface area (Å²) in [7, 11) is 1.57. The lowest BCUT2D eigenvalue weighted by Gasteiger charge is -2.12. The van der Waals surface area contributed by atoms with Crippen molar-refractivity contribution in [2.24, 2.45) is 0 Å². The molecule has 2 heterocycles. The molecule has 6 nitrogen and oxygen atoms in total. The normalized spacial score (nSPS) is 11.2. The lowest BCUT2D eigenvalue weighted by Crippen LogP contribution is -2.11. The largest absolute Gasteiger partial charge is 0.488 e. The molecule has 0 spiro atoms. The van der Waals surface area contributed by atoms with Gasteiger partial charge in [-0.2, -0.15) is 0 Å². The Morgan fingerprint density at radius 3 is 2.55 bits per heavy atom. The fraction of sp³-hybridized carbons (Fsp3) is 0.217. The molecular formula is C23H20Cl2N2O4. The van der Waals surface area contributed by atoms with E-state index in [1.54, 1.807) is 26.3 Å². The average Bonchev–Trinajstić information content (AvgIpc) is 3.11. The van der Waals surface area contributed by atoms with Crippen molar-refractivity contribution in [3.8, 4) is 5.75 Å². The topological polar surface area (TPSA) is 73.4 Å². The minimum atomic E-state index is -0.488. The van der Waals surface area contributed by atoms with E-state index >= 15 is 0 Å². The lowest BCUT2D eigenvalue weighted by molar-refractivity contribution is 0.0514. The Morgan fingerprint density at radius 2 is 1.84 bits per heavy atom. The molecule has 1 N–H and O–H groups in total. The van der Waals surface area contributed by atoms with Crippen molar-refractivity contribution in [3.05, 3.63) is 69.5 Å². The number of halogens is 2. The first-order chi connectivity index (χ1) is 15.0. The third-order valence-electron chi connectivity index (χ3n) is 4.80. The van der Waals surface area contributed by atoms with Gasteiger partial charge in [0.05, 0.1) is 30.4 Å². The van der Waals surface area contributed by atoms with Gasteiger partial charge in [-0.15, -0.1) is 0 Å². The summed E-state index contributed by atoms with van der Waals surface area (Å²) in [4.78, 5) is 20.2. The fourth-order valence-electron chi connectivity index (χ4n) is 3.61. The van der Waals surface area contributed by atoms with Crippen LogP contribution in [0.15, 0.2) is 42.6 Å². The molecule has 0 saturated carbocycles. The molecule has 2 aromatic carbocycles. The number of aromatic amines is 1. The number of carbonyl (C=O) groups excluding carboxylic acids is 1. The molecule has 0 fully saturated rings. The van der Waals surface area contributed by atoms with E-state index in [1.165, 1.54) is 0 Å². The van der Waals surface area contributed by atoms with Crippen LogP contribution in [0.1, 0.15) is 28.5 Å². The third kappa shape index (κ3) is 4.32. The Kier molecular flexibility index (Phi) is 6.32. The Hall–Kier alpha value is -2.80. The molecule has 2 aromatic heterocycles. The highest BCUT2D eigenvalue weighted by atomic mass is 35.5. The first-order valence-electron chi connectivity index (χ1n) is 9.68. The van der Waals surface area contributed by atoms with Crippen LogP contribution in [0.5, 0.6) is 5.75 Å². The quantitative estimate of drug-likeness (QED) is 0.347. The first kappa shape index (κ1) is 21.4. The maximum atomic E-state index is 12.5. The number of rotatable bonds is 7. The summed E-state index contributed by atoms with van der Waals surface area (Å²) in [6.07, 6.45) is 1.63. The van der Waals surface area contributed by atoms with Crippen LogP contribution < -0.4 is 4.74 Å². The second kappa shape index (κ2) is 9.14. The maximum absolute atomic E-state index is 12.5. The van der Waals surface area contributed by atoms with Crippen LogP contribution in [0.4, 0.5) is 0 Å². The van der Waals surface area contributed by atoms with Gasteiger partial charge in [-0.05, 0) is 42.8 Å². The average molecular weight is 459 g/mol. The summed E-state index contributed by atoms with van der Waals surface area (Å²) in [6, 6.07) is 11.0. The number of ether oxygens (including phenoxy) is 3. The SMILES string of the molecule is CCOC(=O)c1ncc2[nH]c3cccc(OCc4cc(Cl)cc(Cl)c4)c3c2c1COC. The molecule has 8 heteroatoms. The van der Waals surface area contributed by atoms with Crippen molar-refractivity contribution in [1.29, 1.82) is 0 Å². The summed E-state index contributed by atoms with van der Waals surface area (Å²) in [5.41, 5.74) is 3.36. The zero-order valence-electron chi connectivity index (χ0n) is 17.0. The number of pyridine rings is 1. The number of hydrogen-bond acceptors (Lipinski definition) is 5. The van der Waals surface area contributed by atoms with Gasteiger partial charge < -0.3 is 19.2 Å². The zero-order valence-corrected chi connectivity index (χ0v) is 18.5. The van der Waals surface area contributed by atoms with E-state index in [1.807, 2.05) is 30.3 Å². The number of esters is 1. The van der Waals surface area contributed by atoms with Crippen molar-refractivity contribution in [2.45, 2.75) is 20.1 Å². The summed E-state index contributed by atoms with van der Waals surface area (Å²) in [5.74, 6) is 0.163. The standard InChI is InChI=1S/C23H20Cl2N2O4/c1-3-30-23(28)22-16(12-29-2)20-18(10-26-22)27-17-5-4-6-19(21(17)20)31-11-13-7-14(24)9-15(25)8-13/h4-10,27H,3,11-12H2,1-2H3. The zero-order chi connectivity index (χ0) is 22.0. The molecule has 0 aliphatic rings. The monoisotopic (exact) mass is 458 g/mol. The molecule has 0 radical (unpaired) electrons. The minimum Gasteiger partial charge on any atom is -0.488 e. The van der Waals surface area contributed by atoms with Crippen LogP contribution in [-0.2, 0) is 22.7 Å². The predicted molar refractivity (Wildman–Crippen MR) is 121 cm³/mol. The highest BCUT2D eigenvalue weighted by molar-refractivity contribution is 6.34. The molecule has 160 valence electrons. The number of nitrogens with zero attached hydrogens (tertiary/aromatic N) is 1. The van der Waals surface area contributed by atoms with E-state index in [9.17, 15) is 4.79 Å². The molecule has 4 rings (SSSR count). The summed E-state index contributed by atoms with van der Waals surface area (Å²) in [6.45, 7) is 2.49.